The Morgan fingerprint density at radius 1 is 1.30 bits per heavy atom. The molecule has 20 heavy (non-hydrogen) atoms. The van der Waals surface area contributed by atoms with E-state index in [2.05, 4.69) is 11.4 Å². The number of benzene rings is 1. The van der Waals surface area contributed by atoms with Gasteiger partial charge in [-0.1, -0.05) is 19.1 Å². The first-order valence-electron chi connectivity index (χ1n) is 6.62. The molecule has 6 heteroatoms. The molecule has 1 aromatic carbocycles. The second kappa shape index (κ2) is 8.00. The predicted molar refractivity (Wildman–Crippen MR) is 79.6 cm³/mol. The molecule has 0 heterocycles. The van der Waals surface area contributed by atoms with Gasteiger partial charge in [-0.05, 0) is 30.7 Å². The van der Waals surface area contributed by atoms with E-state index in [0.717, 1.165) is 25.1 Å². The summed E-state index contributed by atoms with van der Waals surface area (Å²) in [5.41, 5.74) is 1.76. The van der Waals surface area contributed by atoms with E-state index < -0.39 is 10.0 Å². The number of hydrogen-bond donors (Lipinski definition) is 1. The van der Waals surface area contributed by atoms with Crippen LogP contribution >= 0.6 is 0 Å². The SMILES string of the molecule is CCN(CCCNCc1ccc(C#N)cc1)S(C)(=O)=O. The third-order valence-corrected chi connectivity index (χ3v) is 4.37. The van der Waals surface area contributed by atoms with Gasteiger partial charge in [0.05, 0.1) is 17.9 Å². The van der Waals surface area contributed by atoms with E-state index in [4.69, 9.17) is 5.26 Å². The van der Waals surface area contributed by atoms with Crippen molar-refractivity contribution in [3.63, 3.8) is 0 Å². The summed E-state index contributed by atoms with van der Waals surface area (Å²) in [4.78, 5) is 0. The van der Waals surface area contributed by atoms with Crippen LogP contribution in [0.5, 0.6) is 0 Å². The van der Waals surface area contributed by atoms with Gasteiger partial charge in [0.1, 0.15) is 0 Å². The van der Waals surface area contributed by atoms with Crippen LogP contribution in [-0.4, -0.2) is 38.6 Å². The van der Waals surface area contributed by atoms with E-state index in [1.165, 1.54) is 10.6 Å². The van der Waals surface area contributed by atoms with E-state index in [0.29, 0.717) is 18.7 Å². The standard InChI is InChI=1S/C14H21N3O2S/c1-3-17(20(2,18)19)10-4-9-16-12-14-7-5-13(11-15)6-8-14/h5-8,16H,3-4,9-10,12H2,1-2H3. The first-order valence-corrected chi connectivity index (χ1v) is 8.47. The van der Waals surface area contributed by atoms with Gasteiger partial charge in [0.25, 0.3) is 0 Å². The number of nitriles is 1. The van der Waals surface area contributed by atoms with E-state index in [9.17, 15) is 8.42 Å². The molecule has 0 fully saturated rings. The van der Waals surface area contributed by atoms with E-state index >= 15 is 0 Å². The average Bonchev–Trinajstić information content (AvgIpc) is 2.42. The molecule has 5 nitrogen and oxygen atoms in total. The van der Waals surface area contributed by atoms with Crippen LogP contribution < -0.4 is 5.32 Å². The zero-order chi connectivity index (χ0) is 15.0. The van der Waals surface area contributed by atoms with Crippen molar-refractivity contribution in [1.82, 2.24) is 9.62 Å². The summed E-state index contributed by atoms with van der Waals surface area (Å²) in [6, 6.07) is 9.50. The molecule has 0 unspecified atom stereocenters. The monoisotopic (exact) mass is 295 g/mol. The predicted octanol–water partition coefficient (Wildman–Crippen LogP) is 1.32. The lowest BCUT2D eigenvalue weighted by molar-refractivity contribution is 0.419. The van der Waals surface area contributed by atoms with Crippen LogP contribution in [0.15, 0.2) is 24.3 Å². The van der Waals surface area contributed by atoms with Crippen LogP contribution in [0.25, 0.3) is 0 Å². The molecule has 0 aliphatic heterocycles. The van der Waals surface area contributed by atoms with Crippen LogP contribution in [0.4, 0.5) is 0 Å². The topological polar surface area (TPSA) is 73.2 Å². The minimum atomic E-state index is -3.09. The zero-order valence-corrected chi connectivity index (χ0v) is 12.8. The summed E-state index contributed by atoms with van der Waals surface area (Å²) >= 11 is 0. The van der Waals surface area contributed by atoms with Crippen molar-refractivity contribution < 1.29 is 8.42 Å². The van der Waals surface area contributed by atoms with Gasteiger partial charge >= 0.3 is 0 Å². The maximum Gasteiger partial charge on any atom is 0.211 e. The highest BCUT2D eigenvalue weighted by Crippen LogP contribution is 2.03. The molecule has 1 aromatic rings. The molecule has 0 spiro atoms. The largest absolute Gasteiger partial charge is 0.313 e. The highest BCUT2D eigenvalue weighted by molar-refractivity contribution is 7.88. The van der Waals surface area contributed by atoms with Gasteiger partial charge in [0.15, 0.2) is 0 Å². The second-order valence-corrected chi connectivity index (χ2v) is 6.58. The first kappa shape index (κ1) is 16.6. The summed E-state index contributed by atoms with van der Waals surface area (Å²) in [6.07, 6.45) is 2.01. The molecule has 0 aliphatic carbocycles. The van der Waals surface area contributed by atoms with Crippen LogP contribution in [-0.2, 0) is 16.6 Å². The summed E-state index contributed by atoms with van der Waals surface area (Å²) in [5.74, 6) is 0. The summed E-state index contributed by atoms with van der Waals surface area (Å²) in [7, 11) is -3.09. The maximum absolute atomic E-state index is 11.4. The fraction of sp³-hybridized carbons (Fsp3) is 0.500. The quantitative estimate of drug-likeness (QED) is 0.734. The average molecular weight is 295 g/mol. The number of sulfonamides is 1. The van der Waals surface area contributed by atoms with Crippen molar-refractivity contribution in [2.75, 3.05) is 25.9 Å². The van der Waals surface area contributed by atoms with Gasteiger partial charge in [-0.15, -0.1) is 0 Å². The third-order valence-electron chi connectivity index (χ3n) is 2.99. The number of nitrogens with one attached hydrogen (secondary N) is 1. The number of hydrogen-bond acceptors (Lipinski definition) is 4. The van der Waals surface area contributed by atoms with Gasteiger partial charge in [-0.3, -0.25) is 0 Å². The normalized spacial score (nSPS) is 11.5. The zero-order valence-electron chi connectivity index (χ0n) is 12.0. The van der Waals surface area contributed by atoms with Gasteiger partial charge < -0.3 is 5.32 Å². The number of nitrogens with zero attached hydrogens (tertiary/aromatic N) is 2. The van der Waals surface area contributed by atoms with Crippen molar-refractivity contribution in [3.05, 3.63) is 35.4 Å². The minimum Gasteiger partial charge on any atom is -0.313 e. The van der Waals surface area contributed by atoms with Crippen LogP contribution in [0.2, 0.25) is 0 Å². The Morgan fingerprint density at radius 2 is 1.95 bits per heavy atom. The highest BCUT2D eigenvalue weighted by atomic mass is 32.2. The van der Waals surface area contributed by atoms with Gasteiger partial charge in [0, 0.05) is 19.6 Å². The lowest BCUT2D eigenvalue weighted by Crippen LogP contribution is -2.32. The lowest BCUT2D eigenvalue weighted by Gasteiger charge is -2.17. The Labute approximate surface area is 121 Å². The molecule has 0 aliphatic rings. The van der Waals surface area contributed by atoms with Gasteiger partial charge in [-0.25, -0.2) is 12.7 Å². The molecule has 0 saturated carbocycles. The van der Waals surface area contributed by atoms with Crippen LogP contribution in [0.3, 0.4) is 0 Å². The maximum atomic E-state index is 11.4. The summed E-state index contributed by atoms with van der Waals surface area (Å²) < 4.78 is 24.2. The molecule has 0 bridgehead atoms. The molecule has 110 valence electrons. The van der Waals surface area contributed by atoms with Gasteiger partial charge in [-0.2, -0.15) is 5.26 Å². The van der Waals surface area contributed by atoms with Crippen molar-refractivity contribution in [2.24, 2.45) is 0 Å². The molecular formula is C14H21N3O2S. The molecule has 0 aromatic heterocycles. The lowest BCUT2D eigenvalue weighted by atomic mass is 10.1. The Bertz CT molecular complexity index is 547. The second-order valence-electron chi connectivity index (χ2n) is 4.59. The summed E-state index contributed by atoms with van der Waals surface area (Å²) in [5, 5.41) is 12.0. The molecule has 1 rings (SSSR count). The number of rotatable bonds is 8. The Hall–Kier alpha value is -1.42. The molecule has 1 N–H and O–H groups in total. The van der Waals surface area contributed by atoms with Crippen molar-refractivity contribution in [1.29, 1.82) is 5.26 Å². The Morgan fingerprint density at radius 3 is 2.45 bits per heavy atom. The fourth-order valence-electron chi connectivity index (χ4n) is 1.87. The molecule has 0 atom stereocenters. The Balaban J connectivity index is 2.26. The molecule has 0 amide bonds. The molecule has 0 radical (unpaired) electrons. The third kappa shape index (κ3) is 5.70. The van der Waals surface area contributed by atoms with E-state index in [-0.39, 0.29) is 0 Å². The molecule has 0 saturated heterocycles. The van der Waals surface area contributed by atoms with Crippen molar-refractivity contribution >= 4 is 10.0 Å². The smallest absolute Gasteiger partial charge is 0.211 e. The minimum absolute atomic E-state index is 0.508. The van der Waals surface area contributed by atoms with Crippen LogP contribution in [0.1, 0.15) is 24.5 Å². The molecular weight excluding hydrogens is 274 g/mol. The fourth-order valence-corrected chi connectivity index (χ4v) is 2.80. The first-order chi connectivity index (χ1) is 9.47. The highest BCUT2D eigenvalue weighted by Gasteiger charge is 2.12. The van der Waals surface area contributed by atoms with Crippen LogP contribution in [0, 0.1) is 11.3 Å². The van der Waals surface area contributed by atoms with E-state index in [1.54, 1.807) is 12.1 Å². The summed E-state index contributed by atoms with van der Waals surface area (Å²) in [6.45, 7) is 4.36. The van der Waals surface area contributed by atoms with Crippen molar-refractivity contribution in [2.45, 2.75) is 19.9 Å². The van der Waals surface area contributed by atoms with Gasteiger partial charge in [0.2, 0.25) is 10.0 Å². The van der Waals surface area contributed by atoms with Crippen molar-refractivity contribution in [3.8, 4) is 6.07 Å². The van der Waals surface area contributed by atoms with E-state index in [1.807, 2.05) is 19.1 Å². The Kier molecular flexibility index (Phi) is 6.65.